The second-order valence-corrected chi connectivity index (χ2v) is 3.02. The van der Waals surface area contributed by atoms with Crippen LogP contribution >= 0.6 is 11.6 Å². The highest BCUT2D eigenvalue weighted by atomic mass is 35.5. The van der Waals surface area contributed by atoms with Gasteiger partial charge < -0.3 is 0 Å². The Kier molecular flexibility index (Phi) is 2.02. The molecule has 1 aromatic heterocycles. The molecule has 66 valence electrons. The normalized spacial score (nSPS) is 10.3. The molecule has 0 bridgehead atoms. The lowest BCUT2D eigenvalue weighted by Gasteiger charge is -1.98. The zero-order chi connectivity index (χ0) is 9.26. The lowest BCUT2D eigenvalue weighted by molar-refractivity contribution is 0.630. The van der Waals surface area contributed by atoms with Crippen molar-refractivity contribution >= 4 is 11.6 Å². The maximum atomic E-state index is 13.3. The molecule has 0 aliphatic carbocycles. The van der Waals surface area contributed by atoms with Crippen LogP contribution in [0, 0.1) is 5.82 Å². The summed E-state index contributed by atoms with van der Waals surface area (Å²) in [5.41, 5.74) is 1.03. The molecule has 0 saturated heterocycles. The van der Waals surface area contributed by atoms with Gasteiger partial charge in [0, 0.05) is 16.8 Å². The molecular formula is C9H6ClFN2. The molecule has 0 saturated carbocycles. The van der Waals surface area contributed by atoms with Crippen molar-refractivity contribution in [2.75, 3.05) is 0 Å². The number of hydrogen-bond donors (Lipinski definition) is 1. The first-order valence-corrected chi connectivity index (χ1v) is 4.10. The molecule has 0 aliphatic heterocycles. The Hall–Kier alpha value is -1.35. The second kappa shape index (κ2) is 3.18. The topological polar surface area (TPSA) is 28.7 Å². The van der Waals surface area contributed by atoms with Gasteiger partial charge in [-0.3, -0.25) is 5.10 Å². The van der Waals surface area contributed by atoms with E-state index in [0.29, 0.717) is 16.3 Å². The van der Waals surface area contributed by atoms with Gasteiger partial charge in [-0.25, -0.2) is 4.39 Å². The Bertz CT molecular complexity index is 412. The van der Waals surface area contributed by atoms with Gasteiger partial charge >= 0.3 is 0 Å². The third kappa shape index (κ3) is 1.55. The Balaban J connectivity index is 2.53. The van der Waals surface area contributed by atoms with E-state index in [4.69, 9.17) is 11.6 Å². The third-order valence-electron chi connectivity index (χ3n) is 1.71. The number of nitrogens with one attached hydrogen (secondary N) is 1. The fraction of sp³-hybridized carbons (Fsp3) is 0. The summed E-state index contributed by atoms with van der Waals surface area (Å²) in [5.74, 6) is -0.361. The summed E-state index contributed by atoms with van der Waals surface area (Å²) in [6.45, 7) is 0. The molecular weight excluding hydrogens is 191 g/mol. The first kappa shape index (κ1) is 8.26. The monoisotopic (exact) mass is 196 g/mol. The van der Waals surface area contributed by atoms with Crippen molar-refractivity contribution in [3.8, 4) is 11.3 Å². The predicted octanol–water partition coefficient (Wildman–Crippen LogP) is 2.87. The number of benzene rings is 1. The minimum Gasteiger partial charge on any atom is -0.285 e. The lowest BCUT2D eigenvalue weighted by Crippen LogP contribution is -1.84. The van der Waals surface area contributed by atoms with Crippen LogP contribution in [0.3, 0.4) is 0 Å². The summed E-state index contributed by atoms with van der Waals surface area (Å²) in [4.78, 5) is 0. The van der Waals surface area contributed by atoms with Crippen LogP contribution in [-0.2, 0) is 0 Å². The highest BCUT2D eigenvalue weighted by molar-refractivity contribution is 6.30. The second-order valence-electron chi connectivity index (χ2n) is 2.58. The summed E-state index contributed by atoms with van der Waals surface area (Å²) in [6.07, 6.45) is 1.64. The molecule has 2 nitrogen and oxygen atoms in total. The molecule has 0 spiro atoms. The molecule has 0 atom stereocenters. The van der Waals surface area contributed by atoms with Crippen LogP contribution in [0.5, 0.6) is 0 Å². The fourth-order valence-electron chi connectivity index (χ4n) is 1.11. The molecule has 1 heterocycles. The van der Waals surface area contributed by atoms with E-state index >= 15 is 0 Å². The Morgan fingerprint density at radius 2 is 2.15 bits per heavy atom. The van der Waals surface area contributed by atoms with Crippen LogP contribution in [0.1, 0.15) is 0 Å². The first-order valence-electron chi connectivity index (χ1n) is 3.72. The van der Waals surface area contributed by atoms with Gasteiger partial charge in [0.25, 0.3) is 0 Å². The summed E-state index contributed by atoms with van der Waals surface area (Å²) in [5, 5.41) is 6.88. The quantitative estimate of drug-likeness (QED) is 0.747. The average molecular weight is 197 g/mol. The van der Waals surface area contributed by atoms with Gasteiger partial charge in [0.05, 0.1) is 5.69 Å². The maximum Gasteiger partial charge on any atom is 0.134 e. The molecule has 13 heavy (non-hydrogen) atoms. The number of H-pyrrole nitrogens is 1. The molecule has 1 N–H and O–H groups in total. The summed E-state index contributed by atoms with van der Waals surface area (Å²) in [7, 11) is 0. The van der Waals surface area contributed by atoms with Crippen LogP contribution < -0.4 is 0 Å². The molecule has 0 aliphatic rings. The van der Waals surface area contributed by atoms with Gasteiger partial charge in [-0.05, 0) is 24.3 Å². The molecule has 0 fully saturated rings. The van der Waals surface area contributed by atoms with Gasteiger partial charge in [0.15, 0.2) is 0 Å². The zero-order valence-corrected chi connectivity index (χ0v) is 7.35. The van der Waals surface area contributed by atoms with Crippen molar-refractivity contribution in [2.45, 2.75) is 0 Å². The van der Waals surface area contributed by atoms with Crippen LogP contribution in [0.25, 0.3) is 11.3 Å². The fourth-order valence-corrected chi connectivity index (χ4v) is 1.27. The minimum absolute atomic E-state index is 0.361. The van der Waals surface area contributed by atoms with Crippen LogP contribution in [0.4, 0.5) is 4.39 Å². The van der Waals surface area contributed by atoms with E-state index in [0.717, 1.165) is 0 Å². The summed E-state index contributed by atoms with van der Waals surface area (Å²) in [6, 6.07) is 6.21. The van der Waals surface area contributed by atoms with Crippen LogP contribution in [0.2, 0.25) is 5.02 Å². The molecule has 4 heteroatoms. The number of rotatable bonds is 1. The van der Waals surface area contributed by atoms with Crippen molar-refractivity contribution in [3.63, 3.8) is 0 Å². The minimum atomic E-state index is -0.361. The van der Waals surface area contributed by atoms with Crippen LogP contribution in [0.15, 0.2) is 30.5 Å². The lowest BCUT2D eigenvalue weighted by atomic mass is 10.1. The Labute approximate surface area is 79.4 Å². The van der Waals surface area contributed by atoms with Gasteiger partial charge in [-0.15, -0.1) is 0 Å². The SMILES string of the molecule is Fc1cc(Cl)ccc1-c1cc[nH]n1. The first-order chi connectivity index (χ1) is 6.27. The maximum absolute atomic E-state index is 13.3. The van der Waals surface area contributed by atoms with Crippen molar-refractivity contribution in [1.29, 1.82) is 0 Å². The smallest absolute Gasteiger partial charge is 0.134 e. The predicted molar refractivity (Wildman–Crippen MR) is 49.0 cm³/mol. The number of nitrogens with zero attached hydrogens (tertiary/aromatic N) is 1. The average Bonchev–Trinajstić information content (AvgIpc) is 2.56. The number of halogens is 2. The highest BCUT2D eigenvalue weighted by Gasteiger charge is 2.06. The van der Waals surface area contributed by atoms with Crippen molar-refractivity contribution in [3.05, 3.63) is 41.3 Å². The number of hydrogen-bond acceptors (Lipinski definition) is 1. The molecule has 2 rings (SSSR count). The Morgan fingerprint density at radius 3 is 2.77 bits per heavy atom. The molecule has 2 aromatic rings. The number of aromatic nitrogens is 2. The van der Waals surface area contributed by atoms with E-state index in [2.05, 4.69) is 10.2 Å². The highest BCUT2D eigenvalue weighted by Crippen LogP contribution is 2.22. The van der Waals surface area contributed by atoms with E-state index in [-0.39, 0.29) is 5.82 Å². The zero-order valence-electron chi connectivity index (χ0n) is 6.59. The van der Waals surface area contributed by atoms with E-state index < -0.39 is 0 Å². The van der Waals surface area contributed by atoms with E-state index in [1.807, 2.05) is 0 Å². The van der Waals surface area contributed by atoms with E-state index in [9.17, 15) is 4.39 Å². The van der Waals surface area contributed by atoms with E-state index in [1.165, 1.54) is 6.07 Å². The van der Waals surface area contributed by atoms with Gasteiger partial charge in [-0.1, -0.05) is 11.6 Å². The number of aromatic amines is 1. The van der Waals surface area contributed by atoms with Gasteiger partial charge in [0.1, 0.15) is 5.82 Å². The molecule has 0 amide bonds. The van der Waals surface area contributed by atoms with Crippen molar-refractivity contribution in [1.82, 2.24) is 10.2 Å². The van der Waals surface area contributed by atoms with Gasteiger partial charge in [0.2, 0.25) is 0 Å². The van der Waals surface area contributed by atoms with Crippen LogP contribution in [-0.4, -0.2) is 10.2 Å². The largest absolute Gasteiger partial charge is 0.285 e. The van der Waals surface area contributed by atoms with E-state index in [1.54, 1.807) is 24.4 Å². The van der Waals surface area contributed by atoms with Crippen molar-refractivity contribution < 1.29 is 4.39 Å². The van der Waals surface area contributed by atoms with Gasteiger partial charge in [-0.2, -0.15) is 5.10 Å². The van der Waals surface area contributed by atoms with Crippen molar-refractivity contribution in [2.24, 2.45) is 0 Å². The summed E-state index contributed by atoms with van der Waals surface area (Å²) >= 11 is 5.61. The summed E-state index contributed by atoms with van der Waals surface area (Å²) < 4.78 is 13.3. The third-order valence-corrected chi connectivity index (χ3v) is 1.94. The Morgan fingerprint density at radius 1 is 1.31 bits per heavy atom. The molecule has 0 radical (unpaired) electrons. The standard InChI is InChI=1S/C9H6ClFN2/c10-6-1-2-7(8(11)5-6)9-3-4-12-13-9/h1-5H,(H,12,13). The molecule has 0 unspecified atom stereocenters. The molecule has 1 aromatic carbocycles.